The standard InChI is InChI=1S/C18H21N3O4/c1-23-13-6-7-16(24-2)15(12-13)20-18(22)14-4-3-5-17(19-14)21-8-10-25-11-9-21/h3-7,12H,8-11H2,1-2H3,(H,20,22). The van der Waals surface area contributed by atoms with E-state index < -0.39 is 0 Å². The quantitative estimate of drug-likeness (QED) is 0.897. The first-order valence-corrected chi connectivity index (χ1v) is 8.04. The minimum Gasteiger partial charge on any atom is -0.497 e. The van der Waals surface area contributed by atoms with Crippen LogP contribution in [0.2, 0.25) is 0 Å². The number of hydrogen-bond donors (Lipinski definition) is 1. The number of ether oxygens (including phenoxy) is 3. The molecule has 7 nitrogen and oxygen atoms in total. The van der Waals surface area contributed by atoms with Crippen molar-refractivity contribution in [2.75, 3.05) is 50.7 Å². The highest BCUT2D eigenvalue weighted by molar-refractivity contribution is 6.04. The minimum absolute atomic E-state index is 0.304. The van der Waals surface area contributed by atoms with Gasteiger partial charge in [0.1, 0.15) is 23.0 Å². The van der Waals surface area contributed by atoms with Crippen molar-refractivity contribution in [1.29, 1.82) is 0 Å². The molecule has 1 aromatic carbocycles. The smallest absolute Gasteiger partial charge is 0.274 e. The Morgan fingerprint density at radius 2 is 1.96 bits per heavy atom. The number of methoxy groups -OCH3 is 2. The van der Waals surface area contributed by atoms with E-state index in [4.69, 9.17) is 14.2 Å². The first-order valence-electron chi connectivity index (χ1n) is 8.04. The Labute approximate surface area is 146 Å². The highest BCUT2D eigenvalue weighted by Gasteiger charge is 2.16. The van der Waals surface area contributed by atoms with Crippen LogP contribution in [0, 0.1) is 0 Å². The van der Waals surface area contributed by atoms with Gasteiger partial charge in [0, 0.05) is 19.2 Å². The summed E-state index contributed by atoms with van der Waals surface area (Å²) in [5.41, 5.74) is 0.874. The molecule has 1 aliphatic heterocycles. The largest absolute Gasteiger partial charge is 0.497 e. The van der Waals surface area contributed by atoms with Gasteiger partial charge in [0.15, 0.2) is 0 Å². The predicted molar refractivity (Wildman–Crippen MR) is 94.8 cm³/mol. The van der Waals surface area contributed by atoms with Crippen LogP contribution in [0.5, 0.6) is 11.5 Å². The van der Waals surface area contributed by atoms with Gasteiger partial charge >= 0.3 is 0 Å². The van der Waals surface area contributed by atoms with E-state index in [1.165, 1.54) is 0 Å². The lowest BCUT2D eigenvalue weighted by Crippen LogP contribution is -2.37. The second-order valence-corrected chi connectivity index (χ2v) is 5.50. The zero-order valence-electron chi connectivity index (χ0n) is 14.3. The van der Waals surface area contributed by atoms with Gasteiger partial charge in [-0.1, -0.05) is 6.07 Å². The summed E-state index contributed by atoms with van der Waals surface area (Å²) in [5.74, 6) is 1.65. The summed E-state index contributed by atoms with van der Waals surface area (Å²) in [6.45, 7) is 2.86. The minimum atomic E-state index is -0.304. The Morgan fingerprint density at radius 1 is 1.16 bits per heavy atom. The molecule has 0 spiro atoms. The zero-order valence-corrected chi connectivity index (χ0v) is 14.3. The molecule has 1 amide bonds. The molecule has 1 fully saturated rings. The third kappa shape index (κ3) is 4.00. The monoisotopic (exact) mass is 343 g/mol. The number of carbonyl (C=O) groups is 1. The van der Waals surface area contributed by atoms with Gasteiger partial charge in [-0.15, -0.1) is 0 Å². The van der Waals surface area contributed by atoms with E-state index in [0.29, 0.717) is 36.1 Å². The lowest BCUT2D eigenvalue weighted by molar-refractivity contribution is 0.102. The number of carbonyl (C=O) groups excluding carboxylic acids is 1. The fourth-order valence-corrected chi connectivity index (χ4v) is 2.62. The topological polar surface area (TPSA) is 72.9 Å². The Bertz CT molecular complexity index is 745. The highest BCUT2D eigenvalue weighted by atomic mass is 16.5. The number of nitrogens with zero attached hydrogens (tertiary/aromatic N) is 2. The number of anilines is 2. The molecular formula is C18H21N3O4. The lowest BCUT2D eigenvalue weighted by Gasteiger charge is -2.27. The van der Waals surface area contributed by atoms with Gasteiger partial charge in [0.2, 0.25) is 0 Å². The van der Waals surface area contributed by atoms with Gasteiger partial charge < -0.3 is 24.4 Å². The summed E-state index contributed by atoms with van der Waals surface area (Å²) >= 11 is 0. The molecule has 0 bridgehead atoms. The summed E-state index contributed by atoms with van der Waals surface area (Å²) < 4.78 is 15.8. The van der Waals surface area contributed by atoms with Crippen molar-refractivity contribution in [2.24, 2.45) is 0 Å². The highest BCUT2D eigenvalue weighted by Crippen LogP contribution is 2.29. The Morgan fingerprint density at radius 3 is 2.68 bits per heavy atom. The summed E-state index contributed by atoms with van der Waals surface area (Å²) in [6.07, 6.45) is 0. The first-order chi connectivity index (χ1) is 12.2. The number of morpholine rings is 1. The Hall–Kier alpha value is -2.80. The van der Waals surface area contributed by atoms with Crippen molar-refractivity contribution < 1.29 is 19.0 Å². The van der Waals surface area contributed by atoms with Crippen LogP contribution in [0.1, 0.15) is 10.5 Å². The number of amides is 1. The average molecular weight is 343 g/mol. The molecule has 7 heteroatoms. The molecule has 132 valence electrons. The van der Waals surface area contributed by atoms with Crippen LogP contribution < -0.4 is 19.7 Å². The molecule has 0 radical (unpaired) electrons. The molecule has 0 atom stereocenters. The summed E-state index contributed by atoms with van der Waals surface area (Å²) in [7, 11) is 3.12. The van der Waals surface area contributed by atoms with Gasteiger partial charge in [0.25, 0.3) is 5.91 Å². The van der Waals surface area contributed by atoms with E-state index in [0.717, 1.165) is 18.9 Å². The molecule has 0 aliphatic carbocycles. The fourth-order valence-electron chi connectivity index (χ4n) is 2.62. The maximum Gasteiger partial charge on any atom is 0.274 e. The van der Waals surface area contributed by atoms with E-state index >= 15 is 0 Å². The third-order valence-corrected chi connectivity index (χ3v) is 3.96. The first kappa shape index (κ1) is 17.0. The molecule has 25 heavy (non-hydrogen) atoms. The van der Waals surface area contributed by atoms with Crippen LogP contribution in [-0.2, 0) is 4.74 Å². The molecule has 1 N–H and O–H groups in total. The second kappa shape index (κ2) is 7.85. The van der Waals surface area contributed by atoms with E-state index in [1.807, 2.05) is 12.1 Å². The Balaban J connectivity index is 1.79. The number of pyridine rings is 1. The fraction of sp³-hybridized carbons (Fsp3) is 0.333. The zero-order chi connectivity index (χ0) is 17.6. The summed E-state index contributed by atoms with van der Waals surface area (Å²) in [4.78, 5) is 19.2. The molecule has 3 rings (SSSR count). The molecular weight excluding hydrogens is 322 g/mol. The van der Waals surface area contributed by atoms with E-state index in [2.05, 4.69) is 15.2 Å². The van der Waals surface area contributed by atoms with E-state index in [-0.39, 0.29) is 5.91 Å². The molecule has 2 aromatic rings. The predicted octanol–water partition coefficient (Wildman–Crippen LogP) is 2.19. The molecule has 2 heterocycles. The summed E-state index contributed by atoms with van der Waals surface area (Å²) in [5, 5.41) is 2.83. The molecule has 1 aromatic heterocycles. The summed E-state index contributed by atoms with van der Waals surface area (Å²) in [6, 6.07) is 10.6. The molecule has 1 saturated heterocycles. The van der Waals surface area contributed by atoms with Gasteiger partial charge in [-0.2, -0.15) is 0 Å². The van der Waals surface area contributed by atoms with Crippen molar-refractivity contribution >= 4 is 17.4 Å². The van der Waals surface area contributed by atoms with E-state index in [1.54, 1.807) is 38.5 Å². The third-order valence-electron chi connectivity index (χ3n) is 3.96. The number of nitrogens with one attached hydrogen (secondary N) is 1. The van der Waals surface area contributed by atoms with Gasteiger partial charge in [-0.25, -0.2) is 4.98 Å². The molecule has 0 unspecified atom stereocenters. The maximum absolute atomic E-state index is 12.6. The van der Waals surface area contributed by atoms with Crippen LogP contribution in [0.4, 0.5) is 11.5 Å². The van der Waals surface area contributed by atoms with Crippen molar-refractivity contribution in [2.45, 2.75) is 0 Å². The van der Waals surface area contributed by atoms with Crippen molar-refractivity contribution in [3.8, 4) is 11.5 Å². The maximum atomic E-state index is 12.6. The van der Waals surface area contributed by atoms with Crippen LogP contribution in [0.3, 0.4) is 0 Å². The van der Waals surface area contributed by atoms with Gasteiger partial charge in [-0.3, -0.25) is 4.79 Å². The molecule has 0 saturated carbocycles. The van der Waals surface area contributed by atoms with Crippen LogP contribution in [0.15, 0.2) is 36.4 Å². The lowest BCUT2D eigenvalue weighted by atomic mass is 10.2. The van der Waals surface area contributed by atoms with Crippen LogP contribution in [0.25, 0.3) is 0 Å². The number of benzene rings is 1. The SMILES string of the molecule is COc1ccc(OC)c(NC(=O)c2cccc(N3CCOCC3)n2)c1. The normalized spacial score (nSPS) is 14.1. The number of rotatable bonds is 5. The van der Waals surface area contributed by atoms with Gasteiger partial charge in [0.05, 0.1) is 33.1 Å². The number of hydrogen-bond acceptors (Lipinski definition) is 6. The average Bonchev–Trinajstić information content (AvgIpc) is 2.68. The van der Waals surface area contributed by atoms with Crippen molar-refractivity contribution in [3.63, 3.8) is 0 Å². The second-order valence-electron chi connectivity index (χ2n) is 5.50. The van der Waals surface area contributed by atoms with Crippen LogP contribution >= 0.6 is 0 Å². The van der Waals surface area contributed by atoms with Crippen molar-refractivity contribution in [1.82, 2.24) is 4.98 Å². The molecule has 1 aliphatic rings. The van der Waals surface area contributed by atoms with Crippen LogP contribution in [-0.4, -0.2) is 51.4 Å². The van der Waals surface area contributed by atoms with E-state index in [9.17, 15) is 4.79 Å². The van der Waals surface area contributed by atoms with Gasteiger partial charge in [-0.05, 0) is 24.3 Å². The Kier molecular flexibility index (Phi) is 5.35. The number of aromatic nitrogens is 1. The van der Waals surface area contributed by atoms with Crippen molar-refractivity contribution in [3.05, 3.63) is 42.1 Å².